The average Bonchev–Trinajstić information content (AvgIpc) is 3.61. The Hall–Kier alpha value is -4.25. The van der Waals surface area contributed by atoms with E-state index >= 15 is 0 Å². The van der Waals surface area contributed by atoms with Gasteiger partial charge in [-0.15, -0.1) is 0 Å². The fourth-order valence-corrected chi connectivity index (χ4v) is 5.43. The van der Waals surface area contributed by atoms with E-state index in [1.165, 1.54) is 0 Å². The van der Waals surface area contributed by atoms with Crippen molar-refractivity contribution in [1.29, 1.82) is 21.0 Å². The van der Waals surface area contributed by atoms with E-state index in [9.17, 15) is 0 Å². The van der Waals surface area contributed by atoms with E-state index in [2.05, 4.69) is 0 Å². The number of hydrogen-bond acceptors (Lipinski definition) is 9. The van der Waals surface area contributed by atoms with Gasteiger partial charge in [0.25, 0.3) is 0 Å². The minimum absolute atomic E-state index is 0.0490. The van der Waals surface area contributed by atoms with Crippen LogP contribution in [-0.2, 0) is 22.3 Å². The average molecular weight is 555 g/mol. The molecule has 1 aliphatic rings. The second-order valence-corrected chi connectivity index (χ2v) is 10.5. The third-order valence-electron chi connectivity index (χ3n) is 6.28. The van der Waals surface area contributed by atoms with Crippen molar-refractivity contribution in [3.63, 3.8) is 0 Å². The molecule has 0 N–H and O–H groups in total. The predicted octanol–water partition coefficient (Wildman–Crippen LogP) is 6.32. The molecule has 8 nitrogen and oxygen atoms in total. The van der Waals surface area contributed by atoms with E-state index in [0.29, 0.717) is 48.7 Å². The number of rotatable bonds is 11. The molecule has 0 aromatic carbocycles. The van der Waals surface area contributed by atoms with Gasteiger partial charge in [-0.3, -0.25) is 0 Å². The molecule has 9 heteroatoms. The van der Waals surface area contributed by atoms with E-state index in [-0.39, 0.29) is 28.6 Å². The zero-order valence-corrected chi connectivity index (χ0v) is 23.5. The summed E-state index contributed by atoms with van der Waals surface area (Å²) in [5, 5.41) is 36.1. The Bertz CT molecular complexity index is 1430. The lowest BCUT2D eigenvalue weighted by Crippen LogP contribution is -2.44. The number of nitrogens with zero attached hydrogens (tertiary/aromatic N) is 4. The second kappa shape index (κ2) is 15.4. The van der Waals surface area contributed by atoms with Crippen LogP contribution in [0.4, 0.5) is 0 Å². The maximum Gasteiger partial charge on any atom is 0.132 e. The molecular formula is C31H30N4O4S. The van der Waals surface area contributed by atoms with Gasteiger partial charge in [-0.1, -0.05) is 12.2 Å². The number of thioether (sulfide) groups is 1. The van der Waals surface area contributed by atoms with Gasteiger partial charge in [-0.2, -0.15) is 32.8 Å². The second-order valence-electron chi connectivity index (χ2n) is 9.11. The maximum absolute atomic E-state index is 9.02. The van der Waals surface area contributed by atoms with E-state index in [1.54, 1.807) is 49.9 Å². The first-order valence-electron chi connectivity index (χ1n) is 12.8. The number of aryl methyl sites for hydroxylation is 1. The highest BCUT2D eigenvalue weighted by Gasteiger charge is 2.32. The van der Waals surface area contributed by atoms with E-state index in [0.717, 1.165) is 17.3 Å². The van der Waals surface area contributed by atoms with Crippen molar-refractivity contribution in [2.75, 3.05) is 19.0 Å². The molecule has 0 aliphatic carbocycles. The first-order valence-corrected chi connectivity index (χ1v) is 13.8. The SMILES string of the molecule is CC(/C=C/c1ccc(CCSC(Cc2ccc(/C=C/C(C)=C(C#N)C#N)o2)C2OCCOC2C)o1)=C(C#N)C#N. The monoisotopic (exact) mass is 554 g/mol. The molecule has 0 spiro atoms. The minimum Gasteiger partial charge on any atom is -0.462 e. The van der Waals surface area contributed by atoms with Crippen molar-refractivity contribution in [3.05, 3.63) is 81.8 Å². The molecule has 3 heterocycles. The number of ether oxygens (including phenoxy) is 2. The summed E-state index contributed by atoms with van der Waals surface area (Å²) < 4.78 is 23.9. The van der Waals surface area contributed by atoms with Crippen molar-refractivity contribution < 1.29 is 18.3 Å². The first kappa shape index (κ1) is 30.3. The van der Waals surface area contributed by atoms with Crippen LogP contribution in [0.1, 0.15) is 43.8 Å². The molecule has 3 atom stereocenters. The summed E-state index contributed by atoms with van der Waals surface area (Å²) in [4.78, 5) is 0. The quantitative estimate of drug-likeness (QED) is 0.230. The first-order chi connectivity index (χ1) is 19.4. The van der Waals surface area contributed by atoms with Gasteiger partial charge in [0.05, 0.1) is 25.4 Å². The van der Waals surface area contributed by atoms with Crippen LogP contribution in [0, 0.1) is 45.3 Å². The van der Waals surface area contributed by atoms with Crippen molar-refractivity contribution >= 4 is 23.9 Å². The predicted molar refractivity (Wildman–Crippen MR) is 152 cm³/mol. The summed E-state index contributed by atoms with van der Waals surface area (Å²) in [6.07, 6.45) is 8.12. The van der Waals surface area contributed by atoms with Crippen molar-refractivity contribution in [1.82, 2.24) is 0 Å². The van der Waals surface area contributed by atoms with Gasteiger partial charge in [0.15, 0.2) is 0 Å². The van der Waals surface area contributed by atoms with Crippen molar-refractivity contribution in [3.8, 4) is 24.3 Å². The summed E-state index contributed by atoms with van der Waals surface area (Å²) in [5.41, 5.74) is 1.31. The highest BCUT2D eigenvalue weighted by Crippen LogP contribution is 2.29. The van der Waals surface area contributed by atoms with E-state index in [4.69, 9.17) is 39.4 Å². The van der Waals surface area contributed by atoms with Gasteiger partial charge in [0, 0.05) is 23.8 Å². The molecule has 2 aromatic rings. The molecule has 0 saturated carbocycles. The molecule has 2 aromatic heterocycles. The Morgan fingerprint density at radius 2 is 1.38 bits per heavy atom. The normalized spacial score (nSPS) is 17.5. The summed E-state index contributed by atoms with van der Waals surface area (Å²) >= 11 is 1.78. The minimum atomic E-state index is -0.0962. The molecule has 0 bridgehead atoms. The summed E-state index contributed by atoms with van der Waals surface area (Å²) in [7, 11) is 0. The Kier molecular flexibility index (Phi) is 11.6. The van der Waals surface area contributed by atoms with Crippen LogP contribution in [0.5, 0.6) is 0 Å². The Morgan fingerprint density at radius 3 is 1.93 bits per heavy atom. The van der Waals surface area contributed by atoms with Gasteiger partial charge in [0.1, 0.15) is 58.5 Å². The molecule has 0 radical (unpaired) electrons. The molecule has 0 amide bonds. The summed E-state index contributed by atoms with van der Waals surface area (Å²) in [6, 6.07) is 15.1. The lowest BCUT2D eigenvalue weighted by atomic mass is 10.1. The van der Waals surface area contributed by atoms with Gasteiger partial charge in [-0.05, 0) is 68.3 Å². The van der Waals surface area contributed by atoms with Gasteiger partial charge in [0.2, 0.25) is 0 Å². The van der Waals surface area contributed by atoms with Crippen LogP contribution in [-0.4, -0.2) is 36.4 Å². The molecule has 3 rings (SSSR count). The summed E-state index contributed by atoms with van der Waals surface area (Å²) in [6.45, 7) is 6.58. The summed E-state index contributed by atoms with van der Waals surface area (Å²) in [5.74, 6) is 3.73. The van der Waals surface area contributed by atoms with Crippen LogP contribution in [0.3, 0.4) is 0 Å². The molecule has 1 aliphatic heterocycles. The van der Waals surface area contributed by atoms with Gasteiger partial charge in [-0.25, -0.2) is 0 Å². The largest absolute Gasteiger partial charge is 0.462 e. The Labute approximate surface area is 239 Å². The van der Waals surface area contributed by atoms with Gasteiger partial charge < -0.3 is 18.3 Å². The lowest BCUT2D eigenvalue weighted by molar-refractivity contribution is -0.132. The smallest absolute Gasteiger partial charge is 0.132 e. The Balaban J connectivity index is 1.65. The molecule has 1 saturated heterocycles. The zero-order valence-electron chi connectivity index (χ0n) is 22.7. The fourth-order valence-electron chi connectivity index (χ4n) is 4.03. The number of nitriles is 4. The molecule has 1 fully saturated rings. The van der Waals surface area contributed by atoms with Crippen LogP contribution >= 0.6 is 11.8 Å². The van der Waals surface area contributed by atoms with Crippen LogP contribution < -0.4 is 0 Å². The maximum atomic E-state index is 9.02. The fraction of sp³-hybridized carbons (Fsp3) is 0.355. The number of furan rings is 2. The van der Waals surface area contributed by atoms with Crippen LogP contribution in [0.25, 0.3) is 12.2 Å². The topological polar surface area (TPSA) is 140 Å². The lowest BCUT2D eigenvalue weighted by Gasteiger charge is -2.34. The zero-order chi connectivity index (χ0) is 28.9. The molecule has 3 unspecified atom stereocenters. The molecule has 40 heavy (non-hydrogen) atoms. The van der Waals surface area contributed by atoms with Crippen LogP contribution in [0.15, 0.2) is 67.5 Å². The standard InChI is InChI=1S/C31H30N4O4S/c1-21(24(17-32)18-33)4-6-26-8-9-28(38-26)12-15-40-30(31-23(3)36-13-14-37-31)16-29-11-10-27(39-29)7-5-22(2)25(19-34)20-35/h4-11,23,30-31H,12-16H2,1-3H3/b6-4+,7-5+. The van der Waals surface area contributed by atoms with Crippen LogP contribution in [0.2, 0.25) is 0 Å². The third-order valence-corrected chi connectivity index (χ3v) is 7.59. The van der Waals surface area contributed by atoms with E-state index in [1.807, 2.05) is 55.5 Å². The number of hydrogen-bond donors (Lipinski definition) is 0. The van der Waals surface area contributed by atoms with Crippen molar-refractivity contribution in [2.45, 2.75) is 51.1 Å². The van der Waals surface area contributed by atoms with Gasteiger partial charge >= 0.3 is 0 Å². The third kappa shape index (κ3) is 8.63. The number of allylic oxidation sites excluding steroid dienone is 6. The molecule has 204 valence electrons. The van der Waals surface area contributed by atoms with E-state index < -0.39 is 0 Å². The Morgan fingerprint density at radius 1 is 0.850 bits per heavy atom. The molecular weight excluding hydrogens is 524 g/mol. The highest BCUT2D eigenvalue weighted by atomic mass is 32.2. The highest BCUT2D eigenvalue weighted by molar-refractivity contribution is 7.99. The van der Waals surface area contributed by atoms with Crippen molar-refractivity contribution in [2.24, 2.45) is 0 Å².